The highest BCUT2D eigenvalue weighted by atomic mass is 32.2. The molecule has 172 valence electrons. The van der Waals surface area contributed by atoms with Gasteiger partial charge in [-0.15, -0.1) is 0 Å². The molecule has 0 heterocycles. The van der Waals surface area contributed by atoms with Crippen molar-refractivity contribution in [1.29, 1.82) is 0 Å². The van der Waals surface area contributed by atoms with Gasteiger partial charge in [0, 0.05) is 0 Å². The molecule has 0 saturated heterocycles. The molecule has 4 nitrogen and oxygen atoms in total. The van der Waals surface area contributed by atoms with Crippen molar-refractivity contribution in [3.63, 3.8) is 0 Å². The molecule has 0 radical (unpaired) electrons. The fourth-order valence-corrected chi connectivity index (χ4v) is 2.78. The molecule has 8 heteroatoms. The number of unbranched alkanes of at least 4 members (excludes halogenated alkanes) is 13. The van der Waals surface area contributed by atoms with E-state index in [0.717, 1.165) is 4.48 Å². The number of rotatable bonds is 15. The van der Waals surface area contributed by atoms with Gasteiger partial charge in [-0.2, -0.15) is 21.6 Å². The molecule has 0 amide bonds. The highest BCUT2D eigenvalue weighted by molar-refractivity contribution is 7.86. The molecule has 0 rings (SSSR count). The first-order valence-electron chi connectivity index (χ1n) is 10.7. The summed E-state index contributed by atoms with van der Waals surface area (Å²) >= 11 is 0. The number of quaternary nitrogens is 1. The lowest BCUT2D eigenvalue weighted by Gasteiger charge is -2.23. The van der Waals surface area contributed by atoms with Gasteiger partial charge in [-0.3, -0.25) is 4.55 Å². The molecule has 0 bridgehead atoms. The number of nitrogens with zero attached hydrogens (tertiary/aromatic N) is 1. The number of halogens is 3. The van der Waals surface area contributed by atoms with Gasteiger partial charge in [0.2, 0.25) is 0 Å². The SMILES string of the molecule is CCCCCCCCCCCCCCCC[N+](C)(C)C.O=S(=O)(O)C(F)(F)F. The van der Waals surface area contributed by atoms with Gasteiger partial charge in [0.1, 0.15) is 0 Å². The van der Waals surface area contributed by atoms with Crippen LogP contribution in [0.2, 0.25) is 0 Å². The van der Waals surface area contributed by atoms with Gasteiger partial charge in [-0.05, 0) is 12.8 Å². The third kappa shape index (κ3) is 23.7. The van der Waals surface area contributed by atoms with Crippen molar-refractivity contribution in [2.75, 3.05) is 27.7 Å². The third-order valence-corrected chi connectivity index (χ3v) is 5.06. The van der Waals surface area contributed by atoms with E-state index in [1.54, 1.807) is 0 Å². The van der Waals surface area contributed by atoms with Crippen molar-refractivity contribution in [2.24, 2.45) is 0 Å². The maximum atomic E-state index is 10.7. The average molecular weight is 435 g/mol. The molecule has 0 saturated carbocycles. The van der Waals surface area contributed by atoms with E-state index in [-0.39, 0.29) is 0 Å². The summed E-state index contributed by atoms with van der Waals surface area (Å²) in [5, 5.41) is 0. The Labute approximate surface area is 171 Å². The van der Waals surface area contributed by atoms with Crippen molar-refractivity contribution >= 4 is 10.1 Å². The summed E-state index contributed by atoms with van der Waals surface area (Å²) < 4.78 is 58.7. The van der Waals surface area contributed by atoms with Crippen LogP contribution in [0.4, 0.5) is 13.2 Å². The van der Waals surface area contributed by atoms with Gasteiger partial charge >= 0.3 is 15.6 Å². The van der Waals surface area contributed by atoms with Crippen LogP contribution in [-0.4, -0.2) is 50.6 Å². The van der Waals surface area contributed by atoms with Crippen LogP contribution in [0.25, 0.3) is 0 Å². The van der Waals surface area contributed by atoms with Crippen LogP contribution in [0.15, 0.2) is 0 Å². The van der Waals surface area contributed by atoms with Crippen LogP contribution in [0, 0.1) is 0 Å². The van der Waals surface area contributed by atoms with Crippen LogP contribution in [-0.2, 0) is 10.1 Å². The summed E-state index contributed by atoms with van der Waals surface area (Å²) in [4.78, 5) is 0. The predicted octanol–water partition coefficient (Wildman–Crippen LogP) is 6.57. The van der Waals surface area contributed by atoms with E-state index in [1.165, 1.54) is 96.4 Å². The average Bonchev–Trinajstić information content (AvgIpc) is 2.53. The monoisotopic (exact) mass is 434 g/mol. The second-order valence-corrected chi connectivity index (χ2v) is 9.94. The minimum absolute atomic E-state index is 1.12. The third-order valence-electron chi connectivity index (χ3n) is 4.47. The Kier molecular flexibility index (Phi) is 17.5. The van der Waals surface area contributed by atoms with E-state index in [1.807, 2.05) is 0 Å². The van der Waals surface area contributed by atoms with Gasteiger partial charge < -0.3 is 4.48 Å². The Hall–Kier alpha value is -0.340. The van der Waals surface area contributed by atoms with Crippen LogP contribution in [0.3, 0.4) is 0 Å². The molecule has 0 aromatic heterocycles. The Bertz CT molecular complexity index is 447. The summed E-state index contributed by atoms with van der Waals surface area (Å²) in [6, 6.07) is 0. The smallest absolute Gasteiger partial charge is 0.331 e. The molecule has 0 spiro atoms. The second-order valence-electron chi connectivity index (χ2n) is 8.53. The Morgan fingerprint density at radius 3 is 1.14 bits per heavy atom. The molecule has 0 aliphatic carbocycles. The fourth-order valence-electron chi connectivity index (χ4n) is 2.78. The second kappa shape index (κ2) is 16.5. The Balaban J connectivity index is 0. The zero-order chi connectivity index (χ0) is 22.1. The topological polar surface area (TPSA) is 54.4 Å². The van der Waals surface area contributed by atoms with Crippen LogP contribution >= 0.6 is 0 Å². The van der Waals surface area contributed by atoms with E-state index in [4.69, 9.17) is 13.0 Å². The highest BCUT2D eigenvalue weighted by Crippen LogP contribution is 2.20. The highest BCUT2D eigenvalue weighted by Gasteiger charge is 2.44. The predicted molar refractivity (Wildman–Crippen MR) is 111 cm³/mol. The summed E-state index contributed by atoms with van der Waals surface area (Å²) in [6.45, 7) is 3.63. The van der Waals surface area contributed by atoms with E-state index in [0.29, 0.717) is 0 Å². The first-order valence-corrected chi connectivity index (χ1v) is 12.1. The van der Waals surface area contributed by atoms with Crippen LogP contribution in [0.1, 0.15) is 96.8 Å². The standard InChI is InChI=1S/C19H42N.CHF3O3S/c1-5-6-7-8-9-10-11-12-13-14-15-16-17-18-19-20(2,3)4;2-1(3,4)8(5,6)7/h5-19H2,1-4H3;(H,5,6,7)/q+1;. The van der Waals surface area contributed by atoms with Crippen LogP contribution in [0.5, 0.6) is 0 Å². The molecule has 0 fully saturated rings. The fraction of sp³-hybridized carbons (Fsp3) is 1.00. The van der Waals surface area contributed by atoms with Gasteiger partial charge in [0.15, 0.2) is 0 Å². The van der Waals surface area contributed by atoms with Crippen molar-refractivity contribution < 1.29 is 30.6 Å². The maximum absolute atomic E-state index is 10.7. The zero-order valence-corrected chi connectivity index (χ0v) is 19.2. The molecule has 0 aliphatic rings. The lowest BCUT2D eigenvalue weighted by atomic mass is 10.0. The molecule has 1 N–H and O–H groups in total. The van der Waals surface area contributed by atoms with E-state index in [2.05, 4.69) is 28.1 Å². The summed E-state index contributed by atoms with van der Waals surface area (Å²) in [5.74, 6) is 0. The molecule has 0 aliphatic heterocycles. The lowest BCUT2D eigenvalue weighted by molar-refractivity contribution is -0.870. The first-order chi connectivity index (χ1) is 12.8. The van der Waals surface area contributed by atoms with Crippen molar-refractivity contribution in [3.8, 4) is 0 Å². The number of hydrogen-bond donors (Lipinski definition) is 1. The van der Waals surface area contributed by atoms with Gasteiger partial charge in [-0.25, -0.2) is 0 Å². The molecule has 0 atom stereocenters. The van der Waals surface area contributed by atoms with E-state index >= 15 is 0 Å². The van der Waals surface area contributed by atoms with E-state index < -0.39 is 15.6 Å². The minimum atomic E-state index is -5.84. The van der Waals surface area contributed by atoms with Gasteiger partial charge in [0.25, 0.3) is 0 Å². The zero-order valence-electron chi connectivity index (χ0n) is 18.4. The summed E-state index contributed by atoms with van der Waals surface area (Å²) in [5.41, 5.74) is -5.53. The molecule has 28 heavy (non-hydrogen) atoms. The van der Waals surface area contributed by atoms with Crippen LogP contribution < -0.4 is 0 Å². The maximum Gasteiger partial charge on any atom is 0.522 e. The van der Waals surface area contributed by atoms with E-state index in [9.17, 15) is 13.2 Å². The first kappa shape index (κ1) is 29.9. The quantitative estimate of drug-likeness (QED) is 0.137. The molecular weight excluding hydrogens is 391 g/mol. The van der Waals surface area contributed by atoms with Crippen molar-refractivity contribution in [1.82, 2.24) is 0 Å². The largest absolute Gasteiger partial charge is 0.522 e. The minimum Gasteiger partial charge on any atom is -0.331 e. The Morgan fingerprint density at radius 2 is 0.929 bits per heavy atom. The van der Waals surface area contributed by atoms with Crippen molar-refractivity contribution in [3.05, 3.63) is 0 Å². The molecule has 0 aromatic rings. The molecular formula is C20H43F3NO3S+. The molecule has 0 aromatic carbocycles. The summed E-state index contributed by atoms with van der Waals surface area (Å²) in [6.07, 6.45) is 20.4. The Morgan fingerprint density at radius 1 is 0.679 bits per heavy atom. The summed E-state index contributed by atoms with van der Waals surface area (Å²) in [7, 11) is 1.04. The number of alkyl halides is 3. The number of hydrogen-bond acceptors (Lipinski definition) is 2. The van der Waals surface area contributed by atoms with Gasteiger partial charge in [-0.1, -0.05) is 84.0 Å². The molecule has 0 unspecified atom stereocenters. The van der Waals surface area contributed by atoms with Crippen molar-refractivity contribution in [2.45, 2.75) is 102 Å². The van der Waals surface area contributed by atoms with Gasteiger partial charge in [0.05, 0.1) is 27.7 Å². The lowest BCUT2D eigenvalue weighted by Crippen LogP contribution is -2.35. The normalized spacial score (nSPS) is 12.6.